The van der Waals surface area contributed by atoms with E-state index < -0.39 is 21.9 Å². The van der Waals surface area contributed by atoms with Crippen molar-refractivity contribution in [1.82, 2.24) is 9.78 Å². The average Bonchev–Trinajstić information content (AvgIpc) is 2.72. The molecule has 20 heavy (non-hydrogen) atoms. The summed E-state index contributed by atoms with van der Waals surface area (Å²) in [6.45, 7) is 0. The minimum absolute atomic E-state index is 0.139. The normalized spacial score (nSPS) is 22.7. The molecular formula is C12H19F2N3O2S. The van der Waals surface area contributed by atoms with Crippen LogP contribution in [0.4, 0.5) is 14.6 Å². The van der Waals surface area contributed by atoms with Crippen molar-refractivity contribution in [1.29, 1.82) is 0 Å². The van der Waals surface area contributed by atoms with Crippen LogP contribution in [-0.4, -0.2) is 36.9 Å². The Morgan fingerprint density at radius 3 is 2.80 bits per heavy atom. The van der Waals surface area contributed by atoms with Gasteiger partial charge in [0.05, 0.1) is 5.75 Å². The molecule has 5 nitrogen and oxygen atoms in total. The predicted octanol–water partition coefficient (Wildman–Crippen LogP) is 2.01. The van der Waals surface area contributed by atoms with Crippen molar-refractivity contribution < 1.29 is 17.2 Å². The lowest BCUT2D eigenvalue weighted by molar-refractivity contribution is -0.0489. The van der Waals surface area contributed by atoms with E-state index in [-0.39, 0.29) is 18.6 Å². The molecule has 1 heterocycles. The smallest absolute Gasteiger partial charge is 0.248 e. The summed E-state index contributed by atoms with van der Waals surface area (Å²) in [4.78, 5) is 0. The summed E-state index contributed by atoms with van der Waals surface area (Å²) in [7, 11) is -0.538. The van der Waals surface area contributed by atoms with Crippen LogP contribution in [-0.2, 0) is 17.1 Å². The second-order valence-electron chi connectivity index (χ2n) is 5.41. The van der Waals surface area contributed by atoms with Gasteiger partial charge in [-0.1, -0.05) is 0 Å². The van der Waals surface area contributed by atoms with E-state index in [1.54, 1.807) is 19.3 Å². The molecule has 8 heteroatoms. The minimum atomic E-state index is -3.63. The highest BCUT2D eigenvalue weighted by Gasteiger charge is 2.38. The average molecular weight is 307 g/mol. The molecule has 1 aromatic rings. The van der Waals surface area contributed by atoms with E-state index >= 15 is 0 Å². The number of hydrogen-bond acceptors (Lipinski definition) is 3. The summed E-state index contributed by atoms with van der Waals surface area (Å²) >= 11 is 0. The molecule has 0 aromatic carbocycles. The van der Waals surface area contributed by atoms with E-state index in [1.807, 2.05) is 0 Å². The number of halogens is 2. The van der Waals surface area contributed by atoms with Crippen LogP contribution in [0.2, 0.25) is 0 Å². The SMILES string of the molecule is CN(c1ccn(C)n1)S(=O)(=O)CC1CCCC(F)(F)C1. The predicted molar refractivity (Wildman–Crippen MR) is 72.3 cm³/mol. The molecule has 0 amide bonds. The highest BCUT2D eigenvalue weighted by atomic mass is 32.2. The van der Waals surface area contributed by atoms with Crippen LogP contribution in [0.1, 0.15) is 25.7 Å². The zero-order valence-corrected chi connectivity index (χ0v) is 12.4. The number of nitrogens with zero attached hydrogens (tertiary/aromatic N) is 3. The number of aryl methyl sites for hydroxylation is 1. The van der Waals surface area contributed by atoms with Crippen molar-refractivity contribution >= 4 is 15.8 Å². The Morgan fingerprint density at radius 2 is 2.25 bits per heavy atom. The maximum Gasteiger partial charge on any atom is 0.248 e. The Morgan fingerprint density at radius 1 is 1.55 bits per heavy atom. The molecule has 0 radical (unpaired) electrons. The van der Waals surface area contributed by atoms with E-state index in [1.165, 1.54) is 11.7 Å². The van der Waals surface area contributed by atoms with Gasteiger partial charge in [0.1, 0.15) is 0 Å². The second kappa shape index (κ2) is 5.31. The lowest BCUT2D eigenvalue weighted by Crippen LogP contribution is -2.36. The third kappa shape index (κ3) is 3.47. The molecule has 1 fully saturated rings. The Bertz CT molecular complexity index is 571. The van der Waals surface area contributed by atoms with Crippen LogP contribution < -0.4 is 4.31 Å². The largest absolute Gasteiger partial charge is 0.274 e. The maximum atomic E-state index is 13.3. The molecular weight excluding hydrogens is 288 g/mol. The van der Waals surface area contributed by atoms with E-state index in [0.717, 1.165) is 4.31 Å². The Labute approximate surface area is 117 Å². The second-order valence-corrected chi connectivity index (χ2v) is 7.46. The molecule has 1 aromatic heterocycles. The summed E-state index contributed by atoms with van der Waals surface area (Å²) in [5.41, 5.74) is 0. The molecule has 0 N–H and O–H groups in total. The molecule has 0 spiro atoms. The fourth-order valence-electron chi connectivity index (χ4n) is 2.54. The molecule has 114 valence electrons. The zero-order valence-electron chi connectivity index (χ0n) is 11.6. The van der Waals surface area contributed by atoms with Gasteiger partial charge in [0.2, 0.25) is 15.9 Å². The number of anilines is 1. The van der Waals surface area contributed by atoms with Crippen LogP contribution in [0.3, 0.4) is 0 Å². The third-order valence-corrected chi connectivity index (χ3v) is 5.54. The quantitative estimate of drug-likeness (QED) is 0.855. The summed E-state index contributed by atoms with van der Waals surface area (Å²) in [5.74, 6) is -3.18. The first-order valence-corrected chi connectivity index (χ1v) is 8.15. The van der Waals surface area contributed by atoms with Crippen LogP contribution in [0.15, 0.2) is 12.3 Å². The number of sulfonamides is 1. The van der Waals surface area contributed by atoms with E-state index in [4.69, 9.17) is 0 Å². The Kier molecular flexibility index (Phi) is 4.04. The van der Waals surface area contributed by atoms with Gasteiger partial charge >= 0.3 is 0 Å². The van der Waals surface area contributed by atoms with E-state index in [9.17, 15) is 17.2 Å². The van der Waals surface area contributed by atoms with Crippen LogP contribution >= 0.6 is 0 Å². The van der Waals surface area contributed by atoms with E-state index in [2.05, 4.69) is 5.10 Å². The van der Waals surface area contributed by atoms with Gasteiger partial charge in [0, 0.05) is 39.2 Å². The van der Waals surface area contributed by atoms with Crippen LogP contribution in [0.5, 0.6) is 0 Å². The number of hydrogen-bond donors (Lipinski definition) is 0. The molecule has 0 bridgehead atoms. The van der Waals surface area contributed by atoms with Crippen LogP contribution in [0.25, 0.3) is 0 Å². The maximum absolute atomic E-state index is 13.3. The topological polar surface area (TPSA) is 55.2 Å². The van der Waals surface area contributed by atoms with Crippen molar-refractivity contribution in [3.8, 4) is 0 Å². The molecule has 1 aliphatic rings. The summed E-state index contributed by atoms with van der Waals surface area (Å²) in [5, 5.41) is 4.01. The zero-order chi connectivity index (χ0) is 15.0. The number of alkyl halides is 2. The molecule has 1 unspecified atom stereocenters. The molecule has 1 aliphatic carbocycles. The monoisotopic (exact) mass is 307 g/mol. The first-order chi connectivity index (χ1) is 9.20. The minimum Gasteiger partial charge on any atom is -0.274 e. The lowest BCUT2D eigenvalue weighted by Gasteiger charge is -2.29. The van der Waals surface area contributed by atoms with Crippen molar-refractivity contribution in [3.63, 3.8) is 0 Å². The highest BCUT2D eigenvalue weighted by Crippen LogP contribution is 2.37. The first kappa shape index (κ1) is 15.2. The Hall–Kier alpha value is -1.18. The summed E-state index contributed by atoms with van der Waals surface area (Å²) in [6, 6.07) is 1.58. The van der Waals surface area contributed by atoms with E-state index in [0.29, 0.717) is 18.7 Å². The number of aromatic nitrogens is 2. The van der Waals surface area contributed by atoms with Crippen molar-refractivity contribution in [2.75, 3.05) is 17.1 Å². The summed E-state index contributed by atoms with van der Waals surface area (Å²) < 4.78 is 53.7. The van der Waals surface area contributed by atoms with Gasteiger partial charge in [-0.15, -0.1) is 0 Å². The fourth-order valence-corrected chi connectivity index (χ4v) is 4.03. The third-order valence-electron chi connectivity index (χ3n) is 3.63. The van der Waals surface area contributed by atoms with Crippen molar-refractivity contribution in [2.24, 2.45) is 13.0 Å². The Balaban J connectivity index is 2.07. The molecule has 1 atom stereocenters. The number of rotatable bonds is 4. The molecule has 1 saturated carbocycles. The fraction of sp³-hybridized carbons (Fsp3) is 0.750. The van der Waals surface area contributed by atoms with Gasteiger partial charge in [-0.25, -0.2) is 17.2 Å². The highest BCUT2D eigenvalue weighted by molar-refractivity contribution is 7.92. The van der Waals surface area contributed by atoms with Gasteiger partial charge in [-0.3, -0.25) is 8.99 Å². The molecule has 0 saturated heterocycles. The molecule has 0 aliphatic heterocycles. The molecule has 2 rings (SSSR count). The van der Waals surface area contributed by atoms with Gasteiger partial charge in [-0.05, 0) is 18.8 Å². The standard InChI is InChI=1S/C12H19F2N3O2S/c1-16-7-5-11(15-16)17(2)20(18,19)9-10-4-3-6-12(13,14)8-10/h5,7,10H,3-4,6,8-9H2,1-2H3. The van der Waals surface area contributed by atoms with Gasteiger partial charge in [0.25, 0.3) is 0 Å². The van der Waals surface area contributed by atoms with Gasteiger partial charge < -0.3 is 0 Å². The van der Waals surface area contributed by atoms with Crippen molar-refractivity contribution in [3.05, 3.63) is 12.3 Å². The lowest BCUT2D eigenvalue weighted by atomic mass is 9.88. The summed E-state index contributed by atoms with van der Waals surface area (Å²) in [6.07, 6.45) is 2.06. The first-order valence-electron chi connectivity index (χ1n) is 6.54. The van der Waals surface area contributed by atoms with Crippen molar-refractivity contribution in [2.45, 2.75) is 31.6 Å². The van der Waals surface area contributed by atoms with Gasteiger partial charge in [-0.2, -0.15) is 5.10 Å². The van der Waals surface area contributed by atoms with Gasteiger partial charge in [0.15, 0.2) is 5.82 Å². The van der Waals surface area contributed by atoms with Crippen LogP contribution in [0, 0.1) is 5.92 Å².